The minimum Gasteiger partial charge on any atom is -0.490 e. The fraction of sp³-hybridized carbons (Fsp3) is 0.222. The number of rotatable bonds is 4. The Labute approximate surface area is 91.9 Å². The van der Waals surface area contributed by atoms with Gasteiger partial charge < -0.3 is 16.2 Å². The smallest absolute Gasteiger partial charge is 0.310 e. The number of hydrogen-bond acceptors (Lipinski definition) is 4. The van der Waals surface area contributed by atoms with Crippen LogP contribution in [0.2, 0.25) is 0 Å². The summed E-state index contributed by atoms with van der Waals surface area (Å²) in [5, 5.41) is 10.6. The van der Waals surface area contributed by atoms with Gasteiger partial charge in [-0.2, -0.15) is 0 Å². The summed E-state index contributed by atoms with van der Waals surface area (Å²) in [5.41, 5.74) is 11.0. The first kappa shape index (κ1) is 11.8. The van der Waals surface area contributed by atoms with E-state index in [2.05, 4.69) is 4.99 Å². The molecule has 7 nitrogen and oxygen atoms in total. The largest absolute Gasteiger partial charge is 0.490 e. The fourth-order valence-corrected chi connectivity index (χ4v) is 1.15. The summed E-state index contributed by atoms with van der Waals surface area (Å²) in [6.07, 6.45) is 0. The number of aliphatic imine (C=N–C) groups is 1. The van der Waals surface area contributed by atoms with Crippen molar-refractivity contribution >= 4 is 11.6 Å². The van der Waals surface area contributed by atoms with Crippen molar-refractivity contribution in [1.29, 1.82) is 0 Å². The molecule has 0 aliphatic carbocycles. The van der Waals surface area contributed by atoms with Crippen molar-refractivity contribution in [3.8, 4) is 5.75 Å². The molecule has 0 radical (unpaired) electrons. The Balaban J connectivity index is 3.00. The van der Waals surface area contributed by atoms with Gasteiger partial charge in [0.05, 0.1) is 18.6 Å². The molecular weight excluding hydrogens is 212 g/mol. The summed E-state index contributed by atoms with van der Waals surface area (Å²) in [6.45, 7) is 0.261. The molecule has 0 saturated heterocycles. The number of nitro benzene ring substituents is 1. The van der Waals surface area contributed by atoms with Crippen molar-refractivity contribution in [3.63, 3.8) is 0 Å². The fourth-order valence-electron chi connectivity index (χ4n) is 1.15. The molecule has 0 amide bonds. The third-order valence-electron chi connectivity index (χ3n) is 1.89. The van der Waals surface area contributed by atoms with Gasteiger partial charge in [0.25, 0.3) is 0 Å². The van der Waals surface area contributed by atoms with Gasteiger partial charge in [-0.15, -0.1) is 0 Å². The highest BCUT2D eigenvalue weighted by Gasteiger charge is 2.14. The monoisotopic (exact) mass is 224 g/mol. The number of nitrogens with zero attached hydrogens (tertiary/aromatic N) is 2. The van der Waals surface area contributed by atoms with Crippen LogP contribution in [-0.2, 0) is 6.54 Å². The van der Waals surface area contributed by atoms with Crippen LogP contribution < -0.4 is 16.2 Å². The van der Waals surface area contributed by atoms with E-state index in [1.54, 1.807) is 6.07 Å². The maximum absolute atomic E-state index is 10.6. The molecule has 0 bridgehead atoms. The van der Waals surface area contributed by atoms with Crippen molar-refractivity contribution in [2.75, 3.05) is 7.11 Å². The Kier molecular flexibility index (Phi) is 3.65. The van der Waals surface area contributed by atoms with Gasteiger partial charge in [0.15, 0.2) is 11.7 Å². The van der Waals surface area contributed by atoms with E-state index < -0.39 is 4.92 Å². The SMILES string of the molecule is COc1cc(CN=C(N)N)ccc1[N+](=O)[O-]. The Morgan fingerprint density at radius 2 is 2.25 bits per heavy atom. The molecule has 0 aliphatic rings. The molecule has 0 saturated carbocycles. The van der Waals surface area contributed by atoms with Crippen LogP contribution in [0.3, 0.4) is 0 Å². The predicted octanol–water partition coefficient (Wildman–Crippen LogP) is 0.377. The molecule has 0 aliphatic heterocycles. The van der Waals surface area contributed by atoms with Crippen molar-refractivity contribution in [3.05, 3.63) is 33.9 Å². The van der Waals surface area contributed by atoms with E-state index in [9.17, 15) is 10.1 Å². The third-order valence-corrected chi connectivity index (χ3v) is 1.89. The summed E-state index contributed by atoms with van der Waals surface area (Å²) in [7, 11) is 1.37. The van der Waals surface area contributed by atoms with Gasteiger partial charge >= 0.3 is 5.69 Å². The van der Waals surface area contributed by atoms with E-state index in [0.717, 1.165) is 5.56 Å². The van der Waals surface area contributed by atoms with Crippen LogP contribution in [0.25, 0.3) is 0 Å². The Morgan fingerprint density at radius 1 is 1.56 bits per heavy atom. The highest BCUT2D eigenvalue weighted by Crippen LogP contribution is 2.27. The summed E-state index contributed by atoms with van der Waals surface area (Å²) in [6, 6.07) is 4.47. The van der Waals surface area contributed by atoms with E-state index in [0.29, 0.717) is 0 Å². The van der Waals surface area contributed by atoms with Crippen molar-refractivity contribution in [2.45, 2.75) is 6.54 Å². The van der Waals surface area contributed by atoms with Crippen LogP contribution >= 0.6 is 0 Å². The lowest BCUT2D eigenvalue weighted by molar-refractivity contribution is -0.385. The van der Waals surface area contributed by atoms with Crippen LogP contribution in [0, 0.1) is 10.1 Å². The van der Waals surface area contributed by atoms with Crippen LogP contribution in [-0.4, -0.2) is 18.0 Å². The average Bonchev–Trinajstić information content (AvgIpc) is 2.25. The molecule has 86 valence electrons. The number of nitrogens with two attached hydrogens (primary N) is 2. The third kappa shape index (κ3) is 2.84. The summed E-state index contributed by atoms with van der Waals surface area (Å²) in [4.78, 5) is 13.9. The van der Waals surface area contributed by atoms with E-state index in [4.69, 9.17) is 16.2 Å². The summed E-state index contributed by atoms with van der Waals surface area (Å²) >= 11 is 0. The summed E-state index contributed by atoms with van der Waals surface area (Å²) < 4.78 is 4.90. The van der Waals surface area contributed by atoms with Gasteiger partial charge in [-0.25, -0.2) is 4.99 Å². The van der Waals surface area contributed by atoms with Crippen LogP contribution in [0.5, 0.6) is 5.75 Å². The summed E-state index contributed by atoms with van der Waals surface area (Å²) in [5.74, 6) is 0.158. The number of nitro groups is 1. The maximum atomic E-state index is 10.6. The molecule has 0 fully saturated rings. The van der Waals surface area contributed by atoms with Gasteiger partial charge in [-0.3, -0.25) is 10.1 Å². The zero-order chi connectivity index (χ0) is 12.1. The van der Waals surface area contributed by atoms with Gasteiger partial charge in [0.2, 0.25) is 0 Å². The van der Waals surface area contributed by atoms with E-state index in [1.165, 1.54) is 19.2 Å². The molecule has 0 heterocycles. The zero-order valence-corrected chi connectivity index (χ0v) is 8.71. The molecule has 1 aromatic rings. The maximum Gasteiger partial charge on any atom is 0.310 e. The van der Waals surface area contributed by atoms with Gasteiger partial charge in [-0.1, -0.05) is 6.07 Å². The van der Waals surface area contributed by atoms with E-state index in [1.807, 2.05) is 0 Å². The Bertz CT molecular complexity index is 427. The van der Waals surface area contributed by atoms with Gasteiger partial charge in [-0.05, 0) is 11.6 Å². The molecule has 16 heavy (non-hydrogen) atoms. The Hall–Kier alpha value is -2.31. The Morgan fingerprint density at radius 3 is 2.75 bits per heavy atom. The molecule has 0 unspecified atom stereocenters. The normalized spacial score (nSPS) is 9.56. The minimum absolute atomic E-state index is 0.0303. The molecule has 0 atom stereocenters. The van der Waals surface area contributed by atoms with Crippen molar-refractivity contribution in [2.24, 2.45) is 16.5 Å². The minimum atomic E-state index is -0.511. The van der Waals surface area contributed by atoms with Gasteiger partial charge in [0.1, 0.15) is 0 Å². The van der Waals surface area contributed by atoms with Crippen molar-refractivity contribution in [1.82, 2.24) is 0 Å². The quantitative estimate of drug-likeness (QED) is 0.332. The van der Waals surface area contributed by atoms with Crippen LogP contribution in [0.1, 0.15) is 5.56 Å². The lowest BCUT2D eigenvalue weighted by Crippen LogP contribution is -2.22. The average molecular weight is 224 g/mol. The second-order valence-corrected chi connectivity index (χ2v) is 3.00. The molecule has 0 aromatic heterocycles. The number of methoxy groups -OCH3 is 1. The number of hydrogen-bond donors (Lipinski definition) is 2. The standard InChI is InChI=1S/C9H12N4O3/c1-16-8-4-6(5-12-9(10)11)2-3-7(8)13(14)15/h2-4H,5H2,1H3,(H4,10,11,12). The first-order chi connectivity index (χ1) is 7.54. The predicted molar refractivity (Wildman–Crippen MR) is 59.2 cm³/mol. The molecular formula is C9H12N4O3. The van der Waals surface area contributed by atoms with E-state index in [-0.39, 0.29) is 23.9 Å². The lowest BCUT2D eigenvalue weighted by atomic mass is 10.2. The van der Waals surface area contributed by atoms with Crippen molar-refractivity contribution < 1.29 is 9.66 Å². The lowest BCUT2D eigenvalue weighted by Gasteiger charge is -2.03. The van der Waals surface area contributed by atoms with Crippen LogP contribution in [0.15, 0.2) is 23.2 Å². The molecule has 1 aromatic carbocycles. The molecule has 4 N–H and O–H groups in total. The second-order valence-electron chi connectivity index (χ2n) is 3.00. The molecule has 1 rings (SSSR count). The molecule has 0 spiro atoms. The van der Waals surface area contributed by atoms with E-state index >= 15 is 0 Å². The number of benzene rings is 1. The zero-order valence-electron chi connectivity index (χ0n) is 8.71. The number of ether oxygens (including phenoxy) is 1. The van der Waals surface area contributed by atoms with Gasteiger partial charge in [0, 0.05) is 6.07 Å². The first-order valence-electron chi connectivity index (χ1n) is 4.41. The number of guanidine groups is 1. The second kappa shape index (κ2) is 4.96. The highest BCUT2D eigenvalue weighted by atomic mass is 16.6. The van der Waals surface area contributed by atoms with Crippen LogP contribution in [0.4, 0.5) is 5.69 Å². The highest BCUT2D eigenvalue weighted by molar-refractivity contribution is 5.75. The molecule has 7 heteroatoms. The first-order valence-corrected chi connectivity index (χ1v) is 4.41. The topological polar surface area (TPSA) is 117 Å².